The van der Waals surface area contributed by atoms with Gasteiger partial charge in [-0.3, -0.25) is 4.99 Å². The molecule has 0 saturated heterocycles. The van der Waals surface area contributed by atoms with Crippen LogP contribution in [0.1, 0.15) is 58.4 Å². The summed E-state index contributed by atoms with van der Waals surface area (Å²) in [5.41, 5.74) is 1.42. The Morgan fingerprint density at radius 2 is 1.79 bits per heavy atom. The van der Waals surface area contributed by atoms with Crippen LogP contribution < -0.4 is 10.6 Å². The van der Waals surface area contributed by atoms with Crippen molar-refractivity contribution in [1.82, 2.24) is 10.6 Å². The maximum atomic E-state index is 11.5. The Hall–Kier alpha value is -1.56. The molecule has 1 aromatic rings. The van der Waals surface area contributed by atoms with Gasteiger partial charge in [0.1, 0.15) is 9.84 Å². The molecule has 1 aliphatic carbocycles. The lowest BCUT2D eigenvalue weighted by atomic mass is 9.79. The molecule has 0 unspecified atom stereocenters. The Kier molecular flexibility index (Phi) is 7.93. The quantitative estimate of drug-likeness (QED) is 0.485. The fourth-order valence-electron chi connectivity index (χ4n) is 3.84. The Morgan fingerprint density at radius 1 is 1.14 bits per heavy atom. The van der Waals surface area contributed by atoms with Crippen LogP contribution in [0.2, 0.25) is 0 Å². The number of guanidine groups is 1. The van der Waals surface area contributed by atoms with Crippen molar-refractivity contribution < 1.29 is 8.42 Å². The van der Waals surface area contributed by atoms with E-state index in [0.29, 0.717) is 13.0 Å². The van der Waals surface area contributed by atoms with E-state index < -0.39 is 9.84 Å². The van der Waals surface area contributed by atoms with Crippen LogP contribution in [0.5, 0.6) is 0 Å². The first kappa shape index (κ1) is 22.7. The van der Waals surface area contributed by atoms with Gasteiger partial charge in [-0.15, -0.1) is 0 Å². The molecule has 0 amide bonds. The maximum absolute atomic E-state index is 11.5. The summed E-state index contributed by atoms with van der Waals surface area (Å²) < 4.78 is 23.0. The SMILES string of the molecule is CCNC(=NCC(C)(C)CCS(C)(=O)=O)NCC1(c2ccccc2)CCCC1. The molecule has 0 bridgehead atoms. The number of benzene rings is 1. The molecule has 1 aromatic carbocycles. The van der Waals surface area contributed by atoms with Gasteiger partial charge in [-0.1, -0.05) is 57.0 Å². The summed E-state index contributed by atoms with van der Waals surface area (Å²) in [7, 11) is -2.95. The molecule has 0 atom stereocenters. The first-order valence-corrected chi connectivity index (χ1v) is 12.5. The van der Waals surface area contributed by atoms with Crippen molar-refractivity contribution in [3.8, 4) is 0 Å². The molecule has 0 radical (unpaired) electrons. The number of aliphatic imine (C=N–C) groups is 1. The van der Waals surface area contributed by atoms with Crippen LogP contribution in [0.25, 0.3) is 0 Å². The van der Waals surface area contributed by atoms with Gasteiger partial charge in [0.25, 0.3) is 0 Å². The third-order valence-electron chi connectivity index (χ3n) is 5.70. The number of nitrogens with one attached hydrogen (secondary N) is 2. The van der Waals surface area contributed by atoms with Crippen LogP contribution >= 0.6 is 0 Å². The molecule has 1 fully saturated rings. The van der Waals surface area contributed by atoms with E-state index in [4.69, 9.17) is 4.99 Å². The minimum atomic E-state index is -2.95. The monoisotopic (exact) mass is 407 g/mol. The zero-order valence-electron chi connectivity index (χ0n) is 17.9. The van der Waals surface area contributed by atoms with Gasteiger partial charge in [0, 0.05) is 31.3 Å². The van der Waals surface area contributed by atoms with Crippen molar-refractivity contribution >= 4 is 15.8 Å². The fourth-order valence-corrected chi connectivity index (χ4v) is 4.76. The lowest BCUT2D eigenvalue weighted by Gasteiger charge is -2.31. The molecular formula is C22H37N3O2S. The Balaban J connectivity index is 2.04. The van der Waals surface area contributed by atoms with E-state index in [0.717, 1.165) is 19.0 Å². The first-order chi connectivity index (χ1) is 13.2. The molecule has 2 rings (SSSR count). The number of rotatable bonds is 9. The number of sulfone groups is 1. The normalized spacial score (nSPS) is 17.5. The second-order valence-electron chi connectivity index (χ2n) is 8.95. The molecule has 1 saturated carbocycles. The van der Waals surface area contributed by atoms with Crippen molar-refractivity contribution in [2.24, 2.45) is 10.4 Å². The van der Waals surface area contributed by atoms with Crippen LogP contribution in [-0.2, 0) is 15.3 Å². The van der Waals surface area contributed by atoms with Gasteiger partial charge < -0.3 is 10.6 Å². The fraction of sp³-hybridized carbons (Fsp3) is 0.682. The summed E-state index contributed by atoms with van der Waals surface area (Å²) in [5.74, 6) is 1.02. The third-order valence-corrected chi connectivity index (χ3v) is 6.65. The number of nitrogens with zero attached hydrogens (tertiary/aromatic N) is 1. The van der Waals surface area contributed by atoms with E-state index >= 15 is 0 Å². The third kappa shape index (κ3) is 7.12. The first-order valence-electron chi connectivity index (χ1n) is 10.4. The van der Waals surface area contributed by atoms with Gasteiger partial charge in [-0.05, 0) is 37.2 Å². The van der Waals surface area contributed by atoms with Crippen molar-refractivity contribution in [2.45, 2.75) is 58.3 Å². The van der Waals surface area contributed by atoms with Crippen molar-refractivity contribution in [3.63, 3.8) is 0 Å². The molecular weight excluding hydrogens is 370 g/mol. The molecule has 0 aromatic heterocycles. The Morgan fingerprint density at radius 3 is 2.36 bits per heavy atom. The minimum Gasteiger partial charge on any atom is -0.357 e. The highest BCUT2D eigenvalue weighted by Gasteiger charge is 2.35. The average molecular weight is 408 g/mol. The highest BCUT2D eigenvalue weighted by Crippen LogP contribution is 2.40. The largest absolute Gasteiger partial charge is 0.357 e. The smallest absolute Gasteiger partial charge is 0.191 e. The topological polar surface area (TPSA) is 70.6 Å². The summed E-state index contributed by atoms with van der Waals surface area (Å²) in [5, 5.41) is 6.91. The molecule has 158 valence electrons. The second kappa shape index (κ2) is 9.77. The number of hydrogen-bond acceptors (Lipinski definition) is 3. The van der Waals surface area contributed by atoms with E-state index in [9.17, 15) is 8.42 Å². The van der Waals surface area contributed by atoms with Gasteiger partial charge in [-0.25, -0.2) is 8.42 Å². The van der Waals surface area contributed by atoms with Gasteiger partial charge in [0.2, 0.25) is 0 Å². The van der Waals surface area contributed by atoms with E-state index in [-0.39, 0.29) is 16.6 Å². The van der Waals surface area contributed by atoms with E-state index in [1.807, 2.05) is 0 Å². The van der Waals surface area contributed by atoms with Crippen LogP contribution in [0.4, 0.5) is 0 Å². The lowest BCUT2D eigenvalue weighted by molar-refractivity contribution is 0.364. The van der Waals surface area contributed by atoms with Gasteiger partial charge in [0.15, 0.2) is 5.96 Å². The van der Waals surface area contributed by atoms with E-state index in [1.54, 1.807) is 0 Å². The molecule has 2 N–H and O–H groups in total. The Bertz CT molecular complexity index is 736. The number of hydrogen-bond donors (Lipinski definition) is 2. The summed E-state index contributed by atoms with van der Waals surface area (Å²) in [6, 6.07) is 10.8. The Labute approximate surface area is 171 Å². The molecule has 0 aliphatic heterocycles. The molecule has 1 aliphatic rings. The van der Waals surface area contributed by atoms with Crippen LogP contribution in [0, 0.1) is 5.41 Å². The standard InChI is InChI=1S/C22H37N3O2S/c1-5-23-20(24-17-21(2,3)15-16-28(4,26)27)25-18-22(13-9-10-14-22)19-11-7-6-8-12-19/h6-8,11-12H,5,9-10,13-18H2,1-4H3,(H2,23,24,25). The molecule has 5 nitrogen and oxygen atoms in total. The van der Waals surface area contributed by atoms with Gasteiger partial charge in [-0.2, -0.15) is 0 Å². The van der Waals surface area contributed by atoms with Crippen molar-refractivity contribution in [2.75, 3.05) is 31.6 Å². The lowest BCUT2D eigenvalue weighted by Crippen LogP contribution is -2.45. The summed E-state index contributed by atoms with van der Waals surface area (Å²) >= 11 is 0. The zero-order chi connectivity index (χ0) is 20.7. The van der Waals surface area contributed by atoms with Crippen LogP contribution in [0.3, 0.4) is 0 Å². The molecule has 0 heterocycles. The second-order valence-corrected chi connectivity index (χ2v) is 11.2. The van der Waals surface area contributed by atoms with Crippen LogP contribution in [0.15, 0.2) is 35.3 Å². The highest BCUT2D eigenvalue weighted by atomic mass is 32.2. The summed E-state index contributed by atoms with van der Waals surface area (Å²) in [6.07, 6.45) is 6.84. The summed E-state index contributed by atoms with van der Waals surface area (Å²) in [4.78, 5) is 4.77. The maximum Gasteiger partial charge on any atom is 0.191 e. The predicted octanol–water partition coefficient (Wildman–Crippen LogP) is 3.51. The molecule has 0 spiro atoms. The van der Waals surface area contributed by atoms with Crippen molar-refractivity contribution in [3.05, 3.63) is 35.9 Å². The highest BCUT2D eigenvalue weighted by molar-refractivity contribution is 7.90. The molecule has 6 heteroatoms. The van der Waals surface area contributed by atoms with E-state index in [1.165, 1.54) is 37.5 Å². The minimum absolute atomic E-state index is 0.157. The van der Waals surface area contributed by atoms with Crippen molar-refractivity contribution in [1.29, 1.82) is 0 Å². The van der Waals surface area contributed by atoms with Gasteiger partial charge >= 0.3 is 0 Å². The average Bonchev–Trinajstić information content (AvgIpc) is 3.13. The predicted molar refractivity (Wildman–Crippen MR) is 119 cm³/mol. The molecule has 28 heavy (non-hydrogen) atoms. The van der Waals surface area contributed by atoms with Gasteiger partial charge in [0.05, 0.1) is 5.75 Å². The summed E-state index contributed by atoms with van der Waals surface area (Å²) in [6.45, 7) is 8.48. The van der Waals surface area contributed by atoms with E-state index in [2.05, 4.69) is 61.7 Å². The van der Waals surface area contributed by atoms with Crippen LogP contribution in [-0.4, -0.2) is 46.0 Å². The zero-order valence-corrected chi connectivity index (χ0v) is 18.7.